The number of aliphatic hydroxyl groups excluding tert-OH is 1. The van der Waals surface area contributed by atoms with E-state index < -0.39 is 17.7 Å². The average Bonchev–Trinajstić information content (AvgIpc) is 3.10. The quantitative estimate of drug-likeness (QED) is 0.307. The summed E-state index contributed by atoms with van der Waals surface area (Å²) in [7, 11) is 1.57. The van der Waals surface area contributed by atoms with Gasteiger partial charge in [0.1, 0.15) is 11.5 Å². The van der Waals surface area contributed by atoms with Crippen LogP contribution in [0.1, 0.15) is 63.8 Å². The van der Waals surface area contributed by atoms with Crippen LogP contribution in [0.4, 0.5) is 0 Å². The highest BCUT2D eigenvalue weighted by molar-refractivity contribution is 6.46. The minimum absolute atomic E-state index is 0.0206. The second-order valence-electron chi connectivity index (χ2n) is 9.97. The summed E-state index contributed by atoms with van der Waals surface area (Å²) < 4.78 is 5.21. The number of amides is 1. The average molecular weight is 479 g/mol. The maximum absolute atomic E-state index is 13.2. The Morgan fingerprint density at radius 1 is 1.00 bits per heavy atom. The van der Waals surface area contributed by atoms with Gasteiger partial charge in [-0.25, -0.2) is 0 Å². The van der Waals surface area contributed by atoms with Crippen LogP contribution < -0.4 is 4.74 Å². The van der Waals surface area contributed by atoms with Crippen LogP contribution in [0.5, 0.6) is 5.75 Å². The number of carbonyl (C=O) groups excluding carboxylic acids is 2. The molecular formula is C29H38N2O4. The number of aliphatic hydroxyl groups is 1. The molecule has 1 fully saturated rings. The van der Waals surface area contributed by atoms with Gasteiger partial charge >= 0.3 is 0 Å². The fourth-order valence-electron chi connectivity index (χ4n) is 4.53. The van der Waals surface area contributed by atoms with Gasteiger partial charge in [-0.05, 0) is 66.9 Å². The molecule has 1 N–H and O–H groups in total. The van der Waals surface area contributed by atoms with Gasteiger partial charge in [-0.2, -0.15) is 0 Å². The molecule has 0 aromatic heterocycles. The number of nitrogens with zero attached hydrogens (tertiary/aromatic N) is 2. The van der Waals surface area contributed by atoms with Crippen molar-refractivity contribution in [3.63, 3.8) is 0 Å². The molecule has 0 unspecified atom stereocenters. The van der Waals surface area contributed by atoms with Crippen molar-refractivity contribution < 1.29 is 19.4 Å². The molecule has 0 bridgehead atoms. The van der Waals surface area contributed by atoms with Gasteiger partial charge in [0.25, 0.3) is 11.7 Å². The number of ketones is 1. The maximum Gasteiger partial charge on any atom is 0.295 e. The zero-order valence-corrected chi connectivity index (χ0v) is 21.8. The molecule has 1 aliphatic heterocycles. The fourth-order valence-corrected chi connectivity index (χ4v) is 4.53. The molecule has 2 aromatic carbocycles. The number of Topliss-reactive ketones (excluding diaryl/α,β-unsaturated/α-hetero) is 1. The molecule has 0 spiro atoms. The Labute approximate surface area is 209 Å². The van der Waals surface area contributed by atoms with E-state index in [4.69, 9.17) is 4.74 Å². The Morgan fingerprint density at radius 2 is 1.60 bits per heavy atom. The number of likely N-dealkylation sites (tertiary alicyclic amines) is 1. The summed E-state index contributed by atoms with van der Waals surface area (Å²) in [4.78, 5) is 30.3. The molecule has 0 aliphatic carbocycles. The molecule has 1 aliphatic rings. The van der Waals surface area contributed by atoms with Crippen LogP contribution in [0.2, 0.25) is 0 Å². The summed E-state index contributed by atoms with van der Waals surface area (Å²) in [5.41, 5.74) is 2.56. The van der Waals surface area contributed by atoms with Gasteiger partial charge in [-0.1, -0.05) is 58.9 Å². The molecule has 188 valence electrons. The number of rotatable bonds is 9. The maximum atomic E-state index is 13.2. The molecule has 0 radical (unpaired) electrons. The largest absolute Gasteiger partial charge is 0.507 e. The lowest BCUT2D eigenvalue weighted by Gasteiger charge is -2.27. The van der Waals surface area contributed by atoms with Crippen molar-refractivity contribution in [2.75, 3.05) is 33.3 Å². The summed E-state index contributed by atoms with van der Waals surface area (Å²) in [6.45, 7) is 13.8. The van der Waals surface area contributed by atoms with Crippen molar-refractivity contribution in [2.24, 2.45) is 0 Å². The topological polar surface area (TPSA) is 70.1 Å². The summed E-state index contributed by atoms with van der Waals surface area (Å²) >= 11 is 0. The van der Waals surface area contributed by atoms with Crippen LogP contribution in [0.25, 0.3) is 5.76 Å². The number of carbonyl (C=O) groups is 2. The molecule has 35 heavy (non-hydrogen) atoms. The zero-order valence-electron chi connectivity index (χ0n) is 21.8. The van der Waals surface area contributed by atoms with Crippen molar-refractivity contribution in [3.05, 3.63) is 70.8 Å². The lowest BCUT2D eigenvalue weighted by Crippen LogP contribution is -2.33. The first-order valence-corrected chi connectivity index (χ1v) is 12.4. The van der Waals surface area contributed by atoms with Gasteiger partial charge in [0.2, 0.25) is 0 Å². The number of hydrogen-bond acceptors (Lipinski definition) is 5. The highest BCUT2D eigenvalue weighted by Crippen LogP contribution is 2.40. The highest BCUT2D eigenvalue weighted by Gasteiger charge is 2.45. The molecule has 2 aromatic rings. The van der Waals surface area contributed by atoms with Gasteiger partial charge in [0.05, 0.1) is 18.7 Å². The third-order valence-electron chi connectivity index (χ3n) is 6.76. The van der Waals surface area contributed by atoms with Gasteiger partial charge in [0, 0.05) is 12.1 Å². The second-order valence-corrected chi connectivity index (χ2v) is 9.97. The molecule has 0 saturated carbocycles. The molecule has 1 saturated heterocycles. The van der Waals surface area contributed by atoms with Crippen molar-refractivity contribution >= 4 is 17.4 Å². The third-order valence-corrected chi connectivity index (χ3v) is 6.76. The minimum Gasteiger partial charge on any atom is -0.507 e. The number of methoxy groups -OCH3 is 1. The minimum atomic E-state index is -0.647. The number of hydrogen-bond donors (Lipinski definition) is 1. The normalized spacial score (nSPS) is 17.9. The Hall–Kier alpha value is -3.12. The molecule has 1 heterocycles. The molecule has 3 rings (SSSR count). The Morgan fingerprint density at radius 3 is 2.11 bits per heavy atom. The standard InChI is InChI=1S/C29H38N2O4/c1-7-30(8-2)18-9-19-31-25(20-10-14-22(15-11-20)29(3,4)5)24(27(33)28(31)34)26(32)21-12-16-23(35-6)17-13-21/h10-17,25,32H,7-9,18-19H2,1-6H3/t25-/m0/s1. The van der Waals surface area contributed by atoms with Gasteiger partial charge in [0.15, 0.2) is 0 Å². The Balaban J connectivity index is 2.04. The first kappa shape index (κ1) is 26.5. The first-order chi connectivity index (χ1) is 16.6. The summed E-state index contributed by atoms with van der Waals surface area (Å²) in [5, 5.41) is 11.2. The van der Waals surface area contributed by atoms with Gasteiger partial charge in [-0.3, -0.25) is 9.59 Å². The summed E-state index contributed by atoms with van der Waals surface area (Å²) in [5.74, 6) is -0.731. The van der Waals surface area contributed by atoms with Gasteiger partial charge < -0.3 is 19.6 Å². The first-order valence-electron chi connectivity index (χ1n) is 12.4. The zero-order chi connectivity index (χ0) is 25.8. The molecule has 6 heteroatoms. The number of ether oxygens (including phenoxy) is 1. The predicted octanol–water partition coefficient (Wildman–Crippen LogP) is 5.15. The Kier molecular flexibility index (Phi) is 8.39. The SMILES string of the molecule is CCN(CC)CCCN1C(=O)C(=O)C(=C(O)c2ccc(OC)cc2)[C@@H]1c1ccc(C(C)(C)C)cc1. The Bertz CT molecular complexity index is 1060. The van der Waals surface area contributed by atoms with E-state index >= 15 is 0 Å². The highest BCUT2D eigenvalue weighted by atomic mass is 16.5. The van der Waals surface area contributed by atoms with E-state index in [0.29, 0.717) is 17.9 Å². The monoisotopic (exact) mass is 478 g/mol. The van der Waals surface area contributed by atoms with Gasteiger partial charge in [-0.15, -0.1) is 0 Å². The van der Waals surface area contributed by atoms with E-state index in [0.717, 1.165) is 37.2 Å². The van der Waals surface area contributed by atoms with E-state index in [2.05, 4.69) is 39.5 Å². The van der Waals surface area contributed by atoms with Crippen LogP contribution in [-0.2, 0) is 15.0 Å². The van der Waals surface area contributed by atoms with Crippen LogP contribution in [-0.4, -0.2) is 59.9 Å². The van der Waals surface area contributed by atoms with E-state index in [1.807, 2.05) is 24.3 Å². The summed E-state index contributed by atoms with van der Waals surface area (Å²) in [6, 6.07) is 14.2. The lowest BCUT2D eigenvalue weighted by molar-refractivity contribution is -0.140. The third kappa shape index (κ3) is 5.76. The molecular weight excluding hydrogens is 440 g/mol. The molecule has 1 atom stereocenters. The van der Waals surface area contributed by atoms with Crippen LogP contribution in [0, 0.1) is 0 Å². The van der Waals surface area contributed by atoms with E-state index in [1.165, 1.54) is 0 Å². The van der Waals surface area contributed by atoms with E-state index in [9.17, 15) is 14.7 Å². The lowest BCUT2D eigenvalue weighted by atomic mass is 9.85. The van der Waals surface area contributed by atoms with Crippen LogP contribution >= 0.6 is 0 Å². The van der Waals surface area contributed by atoms with Crippen molar-refractivity contribution in [1.82, 2.24) is 9.80 Å². The second kappa shape index (κ2) is 11.1. The smallest absolute Gasteiger partial charge is 0.295 e. The summed E-state index contributed by atoms with van der Waals surface area (Å²) in [6.07, 6.45) is 0.744. The van der Waals surface area contributed by atoms with E-state index in [-0.39, 0.29) is 16.7 Å². The van der Waals surface area contributed by atoms with E-state index in [1.54, 1.807) is 36.3 Å². The number of benzene rings is 2. The molecule has 1 amide bonds. The van der Waals surface area contributed by atoms with Crippen molar-refractivity contribution in [3.8, 4) is 5.75 Å². The van der Waals surface area contributed by atoms with Crippen LogP contribution in [0.3, 0.4) is 0 Å². The molecule has 6 nitrogen and oxygen atoms in total. The van der Waals surface area contributed by atoms with Crippen molar-refractivity contribution in [2.45, 2.75) is 52.5 Å². The predicted molar refractivity (Wildman–Crippen MR) is 140 cm³/mol. The fraction of sp³-hybridized carbons (Fsp3) is 0.448. The van der Waals surface area contributed by atoms with Crippen LogP contribution in [0.15, 0.2) is 54.1 Å². The van der Waals surface area contributed by atoms with Crippen molar-refractivity contribution in [1.29, 1.82) is 0 Å².